The molecule has 2 amide bonds. The summed E-state index contributed by atoms with van der Waals surface area (Å²) < 4.78 is 11.2. The third-order valence-electron chi connectivity index (χ3n) is 6.85. The second kappa shape index (κ2) is 20.3. The van der Waals surface area contributed by atoms with Crippen LogP contribution < -0.4 is 26.6 Å². The summed E-state index contributed by atoms with van der Waals surface area (Å²) in [6.45, 7) is 8.38. The molecule has 0 saturated carbocycles. The van der Waals surface area contributed by atoms with E-state index in [0.29, 0.717) is 74.5 Å². The molecule has 1 aromatic heterocycles. The number of benzene rings is 3. The van der Waals surface area contributed by atoms with E-state index in [9.17, 15) is 14.7 Å². The van der Waals surface area contributed by atoms with Crippen molar-refractivity contribution < 1.29 is 24.2 Å². The van der Waals surface area contributed by atoms with Gasteiger partial charge in [-0.05, 0) is 73.2 Å². The van der Waals surface area contributed by atoms with Crippen LogP contribution >= 0.6 is 0 Å². The van der Waals surface area contributed by atoms with Crippen molar-refractivity contribution >= 4 is 41.0 Å². The zero-order valence-electron chi connectivity index (χ0n) is 27.9. The molecule has 1 heterocycles. The van der Waals surface area contributed by atoms with Gasteiger partial charge in [0.05, 0.1) is 26.4 Å². The Balaban J connectivity index is 1.26. The molecule has 0 aliphatic heterocycles. The van der Waals surface area contributed by atoms with Crippen molar-refractivity contribution in [2.75, 3.05) is 62.0 Å². The maximum absolute atomic E-state index is 12.7. The van der Waals surface area contributed by atoms with Crippen molar-refractivity contribution in [3.05, 3.63) is 126 Å². The van der Waals surface area contributed by atoms with Crippen molar-refractivity contribution in [3.63, 3.8) is 0 Å². The number of aromatic nitrogens is 3. The summed E-state index contributed by atoms with van der Waals surface area (Å²) in [5.41, 5.74) is 3.33. The summed E-state index contributed by atoms with van der Waals surface area (Å²) in [5.74, 6) is 0.624. The third-order valence-corrected chi connectivity index (χ3v) is 6.85. The van der Waals surface area contributed by atoms with Gasteiger partial charge in [0.25, 0.3) is 11.8 Å². The van der Waals surface area contributed by atoms with E-state index in [1.54, 1.807) is 66.7 Å². The van der Waals surface area contributed by atoms with Crippen molar-refractivity contribution in [1.29, 1.82) is 0 Å². The van der Waals surface area contributed by atoms with Gasteiger partial charge in [-0.15, -0.1) is 0 Å². The normalized spacial score (nSPS) is 11.2. The van der Waals surface area contributed by atoms with Gasteiger partial charge in [0.1, 0.15) is 5.75 Å². The molecule has 0 fully saturated rings. The number of hydrogen-bond acceptors (Lipinski definition) is 11. The highest BCUT2D eigenvalue weighted by Crippen LogP contribution is 2.21. The van der Waals surface area contributed by atoms with Crippen LogP contribution in [0.25, 0.3) is 0 Å². The fourth-order valence-electron chi connectivity index (χ4n) is 4.26. The minimum absolute atomic E-state index is 0.138. The fourth-order valence-corrected chi connectivity index (χ4v) is 4.26. The van der Waals surface area contributed by atoms with E-state index in [1.807, 2.05) is 43.4 Å². The molecule has 4 rings (SSSR count). The van der Waals surface area contributed by atoms with Crippen LogP contribution in [0, 0.1) is 0 Å². The lowest BCUT2D eigenvalue weighted by Gasteiger charge is -2.12. The Kier molecular flexibility index (Phi) is 15.0. The maximum Gasteiger partial charge on any atom is 0.251 e. The number of phenols is 1. The number of ether oxygens (including phenoxy) is 2. The summed E-state index contributed by atoms with van der Waals surface area (Å²) in [7, 11) is 0. The van der Waals surface area contributed by atoms with E-state index in [2.05, 4.69) is 48.1 Å². The van der Waals surface area contributed by atoms with Gasteiger partial charge >= 0.3 is 0 Å². The van der Waals surface area contributed by atoms with Gasteiger partial charge in [-0.3, -0.25) is 9.59 Å². The number of nitrogens with one attached hydrogen (secondary N) is 5. The van der Waals surface area contributed by atoms with E-state index in [0.717, 1.165) is 5.57 Å². The van der Waals surface area contributed by atoms with E-state index in [-0.39, 0.29) is 29.5 Å². The molecule has 13 heteroatoms. The average molecular weight is 679 g/mol. The minimum atomic E-state index is -0.210. The van der Waals surface area contributed by atoms with Crippen LogP contribution in [0.1, 0.15) is 27.6 Å². The zero-order chi connectivity index (χ0) is 35.4. The largest absolute Gasteiger partial charge is 0.508 e. The van der Waals surface area contributed by atoms with Crippen molar-refractivity contribution in [3.8, 4) is 5.75 Å². The average Bonchev–Trinajstić information content (AvgIpc) is 3.14. The fraction of sp³-hybridized carbons (Fsp3) is 0.216. The number of amides is 2. The Morgan fingerprint density at radius 1 is 0.720 bits per heavy atom. The van der Waals surface area contributed by atoms with Gasteiger partial charge in [0, 0.05) is 42.1 Å². The molecule has 50 heavy (non-hydrogen) atoms. The Morgan fingerprint density at radius 3 is 1.90 bits per heavy atom. The first-order valence-corrected chi connectivity index (χ1v) is 16.1. The van der Waals surface area contributed by atoms with Gasteiger partial charge in [0.2, 0.25) is 17.8 Å². The Hall–Kier alpha value is -6.05. The van der Waals surface area contributed by atoms with Crippen LogP contribution in [0.3, 0.4) is 0 Å². The topological polar surface area (TPSA) is 172 Å². The number of rotatable bonds is 20. The highest BCUT2D eigenvalue weighted by molar-refractivity contribution is 5.95. The highest BCUT2D eigenvalue weighted by Gasteiger charge is 2.10. The lowest BCUT2D eigenvalue weighted by Crippen LogP contribution is -2.27. The van der Waals surface area contributed by atoms with Gasteiger partial charge < -0.3 is 41.2 Å². The minimum Gasteiger partial charge on any atom is -0.508 e. The first-order chi connectivity index (χ1) is 24.4. The van der Waals surface area contributed by atoms with Crippen LogP contribution in [-0.4, -0.2) is 77.9 Å². The first kappa shape index (κ1) is 36.8. The number of anilines is 5. The van der Waals surface area contributed by atoms with Crippen molar-refractivity contribution in [2.24, 2.45) is 0 Å². The quantitative estimate of drug-likeness (QED) is 0.0404. The summed E-state index contributed by atoms with van der Waals surface area (Å²) in [6, 6.07) is 22.5. The molecule has 0 atom stereocenters. The van der Waals surface area contributed by atoms with Gasteiger partial charge in [-0.25, -0.2) is 0 Å². The van der Waals surface area contributed by atoms with E-state index in [4.69, 9.17) is 9.47 Å². The van der Waals surface area contributed by atoms with Crippen molar-refractivity contribution in [2.45, 2.75) is 6.92 Å². The first-order valence-electron chi connectivity index (χ1n) is 16.1. The van der Waals surface area contributed by atoms with Crippen LogP contribution in [0.15, 0.2) is 115 Å². The van der Waals surface area contributed by atoms with Gasteiger partial charge in [-0.1, -0.05) is 49.1 Å². The van der Waals surface area contributed by atoms with Gasteiger partial charge in [0.15, 0.2) is 0 Å². The molecule has 0 saturated heterocycles. The van der Waals surface area contributed by atoms with E-state index >= 15 is 0 Å². The van der Waals surface area contributed by atoms with Crippen LogP contribution in [0.5, 0.6) is 5.75 Å². The molecule has 0 spiro atoms. The highest BCUT2D eigenvalue weighted by atomic mass is 16.5. The molecule has 13 nitrogen and oxygen atoms in total. The summed E-state index contributed by atoms with van der Waals surface area (Å²) in [4.78, 5) is 38.2. The Bertz CT molecular complexity index is 1730. The van der Waals surface area contributed by atoms with Crippen molar-refractivity contribution in [1.82, 2.24) is 25.6 Å². The second-order valence-electron chi connectivity index (χ2n) is 10.6. The second-order valence-corrected chi connectivity index (χ2v) is 10.6. The monoisotopic (exact) mass is 678 g/mol. The van der Waals surface area contributed by atoms with Crippen LogP contribution in [0.2, 0.25) is 0 Å². The molecule has 260 valence electrons. The number of nitrogens with zero attached hydrogens (tertiary/aromatic N) is 3. The molecule has 0 aliphatic carbocycles. The Morgan fingerprint density at radius 2 is 1.28 bits per heavy atom. The summed E-state index contributed by atoms with van der Waals surface area (Å²) in [6.07, 6.45) is 7.40. The SMILES string of the molecule is C=C/C(=C\C=C/C)CNC(=O)c1ccc(Nc2nc(NCCOCCOCCNC(=O)c3ccccc3)nc(Nc3ccc(O)cc3)n2)cc1. The number of aromatic hydroxyl groups is 1. The predicted molar refractivity (Wildman–Crippen MR) is 195 cm³/mol. The Labute approximate surface area is 291 Å². The number of carbonyl (C=O) groups is 2. The van der Waals surface area contributed by atoms with E-state index < -0.39 is 0 Å². The molecule has 0 aliphatic rings. The molecule has 4 aromatic rings. The maximum atomic E-state index is 12.7. The molecule has 0 unspecified atom stereocenters. The standard InChI is InChI=1S/C37H42N8O5/c1-3-5-9-27(4-2)26-40-34(48)29-12-14-30(15-13-29)41-36-43-35(44-37(45-36)42-31-16-18-32(46)19-17-31)39-21-23-50-25-24-49-22-20-38-33(47)28-10-7-6-8-11-28/h3-19,46H,2,20-26H2,1H3,(H,38,47)(H,40,48)(H3,39,41,42,43,44,45)/b5-3-,27-9+. The van der Waals surface area contributed by atoms with E-state index in [1.165, 1.54) is 0 Å². The molecular formula is C37H42N8O5. The third kappa shape index (κ3) is 12.9. The van der Waals surface area contributed by atoms with Gasteiger partial charge in [-0.2, -0.15) is 15.0 Å². The van der Waals surface area contributed by atoms with Crippen LogP contribution in [-0.2, 0) is 9.47 Å². The molecule has 3 aromatic carbocycles. The number of hydrogen-bond donors (Lipinski definition) is 6. The predicted octanol–water partition coefficient (Wildman–Crippen LogP) is 5.36. The lowest BCUT2D eigenvalue weighted by atomic mass is 10.1. The zero-order valence-corrected chi connectivity index (χ0v) is 27.9. The smallest absolute Gasteiger partial charge is 0.251 e. The lowest BCUT2D eigenvalue weighted by molar-refractivity contribution is 0.0519. The number of phenolic OH excluding ortho intramolecular Hbond substituents is 1. The number of allylic oxidation sites excluding steroid dienone is 3. The molecule has 0 radical (unpaired) electrons. The van der Waals surface area contributed by atoms with Crippen LogP contribution in [0.4, 0.5) is 29.2 Å². The summed E-state index contributed by atoms with van der Waals surface area (Å²) >= 11 is 0. The number of carbonyl (C=O) groups excluding carboxylic acids is 2. The molecule has 0 bridgehead atoms. The summed E-state index contributed by atoms with van der Waals surface area (Å²) in [5, 5.41) is 24.8. The molecule has 6 N–H and O–H groups in total. The molecular weight excluding hydrogens is 636 g/mol.